The number of fused-ring (bicyclic) bond motifs is 1. The van der Waals surface area contributed by atoms with Crippen molar-refractivity contribution in [3.63, 3.8) is 0 Å². The van der Waals surface area contributed by atoms with Crippen LogP contribution in [0.5, 0.6) is 0 Å². The summed E-state index contributed by atoms with van der Waals surface area (Å²) in [6.07, 6.45) is 6.97. The Labute approximate surface area is 215 Å². The van der Waals surface area contributed by atoms with Crippen LogP contribution in [0.4, 0.5) is 0 Å². The van der Waals surface area contributed by atoms with Crippen molar-refractivity contribution in [2.75, 3.05) is 19.8 Å². The Balaban J connectivity index is 2.02. The van der Waals surface area contributed by atoms with E-state index in [0.717, 1.165) is 12.8 Å². The van der Waals surface area contributed by atoms with Crippen molar-refractivity contribution in [3.05, 3.63) is 25.3 Å². The quantitative estimate of drug-likeness (QED) is 0.235. The van der Waals surface area contributed by atoms with E-state index in [4.69, 9.17) is 9.47 Å². The third-order valence-corrected chi connectivity index (χ3v) is 8.30. The van der Waals surface area contributed by atoms with E-state index in [-0.39, 0.29) is 37.0 Å². The number of likely N-dealkylation sites (tertiary alicyclic amines) is 1. The largest absolute Gasteiger partial charge is 0.465 e. The highest BCUT2D eigenvalue weighted by Crippen LogP contribution is 2.64. The molecule has 8 heteroatoms. The second kappa shape index (κ2) is 11.1. The average Bonchev–Trinajstić information content (AvgIpc) is 3.38. The zero-order valence-corrected chi connectivity index (χ0v) is 22.6. The Morgan fingerprint density at radius 2 is 1.92 bits per heavy atom. The van der Waals surface area contributed by atoms with E-state index < -0.39 is 41.1 Å². The van der Waals surface area contributed by atoms with Crippen LogP contribution in [0.1, 0.15) is 66.7 Å². The van der Waals surface area contributed by atoms with Gasteiger partial charge in [0.25, 0.3) is 0 Å². The van der Waals surface area contributed by atoms with E-state index >= 15 is 0 Å². The van der Waals surface area contributed by atoms with Crippen LogP contribution in [0.25, 0.3) is 0 Å². The molecule has 2 bridgehead atoms. The Hall–Kier alpha value is -2.19. The molecule has 3 rings (SSSR count). The summed E-state index contributed by atoms with van der Waals surface area (Å²) < 4.78 is 12.3. The summed E-state index contributed by atoms with van der Waals surface area (Å²) >= 11 is 0. The van der Waals surface area contributed by atoms with E-state index in [0.29, 0.717) is 25.8 Å². The van der Waals surface area contributed by atoms with Crippen molar-refractivity contribution in [2.24, 2.45) is 17.8 Å². The van der Waals surface area contributed by atoms with Crippen molar-refractivity contribution in [3.8, 4) is 0 Å². The molecule has 3 saturated heterocycles. The van der Waals surface area contributed by atoms with Gasteiger partial charge >= 0.3 is 5.97 Å². The number of carbonyl (C=O) groups excluding carboxylic acids is 3. The number of unbranched alkanes of at least 4 members (excludes halogenated alkanes) is 2. The van der Waals surface area contributed by atoms with Crippen molar-refractivity contribution in [2.45, 2.75) is 96.1 Å². The van der Waals surface area contributed by atoms with Gasteiger partial charge in [0, 0.05) is 12.6 Å². The molecule has 0 aliphatic carbocycles. The molecule has 0 aromatic carbocycles. The molecule has 0 saturated carbocycles. The second-order valence-electron chi connectivity index (χ2n) is 11.3. The highest BCUT2D eigenvalue weighted by Gasteiger charge is 2.79. The summed E-state index contributed by atoms with van der Waals surface area (Å²) in [5.41, 5.74) is -2.01. The fraction of sp³-hybridized carbons (Fsp3) is 0.750. The number of esters is 1. The van der Waals surface area contributed by atoms with Gasteiger partial charge in [0.1, 0.15) is 17.6 Å². The SMILES string of the molecule is C=CCCCCOC(=O)[C@H]1[C@H]2C(=O)N([C@@H](CO)C(C)C)C(C(=O)N(CC=C)C(C)C)C23CC[C@]1(C)O3. The minimum Gasteiger partial charge on any atom is -0.465 e. The summed E-state index contributed by atoms with van der Waals surface area (Å²) in [4.78, 5) is 44.9. The van der Waals surface area contributed by atoms with Crippen molar-refractivity contribution in [1.29, 1.82) is 0 Å². The first-order valence-electron chi connectivity index (χ1n) is 13.3. The first-order chi connectivity index (χ1) is 17.0. The maximum Gasteiger partial charge on any atom is 0.312 e. The lowest BCUT2D eigenvalue weighted by Crippen LogP contribution is -2.60. The van der Waals surface area contributed by atoms with Gasteiger partial charge in [-0.1, -0.05) is 26.0 Å². The van der Waals surface area contributed by atoms with Crippen molar-refractivity contribution in [1.82, 2.24) is 9.80 Å². The number of allylic oxidation sites excluding steroid dienone is 1. The molecule has 202 valence electrons. The monoisotopic (exact) mass is 504 g/mol. The van der Waals surface area contributed by atoms with Crippen LogP contribution in [0, 0.1) is 17.8 Å². The van der Waals surface area contributed by atoms with E-state index in [1.807, 2.05) is 40.7 Å². The molecule has 8 nitrogen and oxygen atoms in total. The molecule has 3 fully saturated rings. The lowest BCUT2D eigenvalue weighted by atomic mass is 9.66. The van der Waals surface area contributed by atoms with Crippen LogP contribution in [-0.2, 0) is 23.9 Å². The van der Waals surface area contributed by atoms with Crippen LogP contribution in [0.3, 0.4) is 0 Å². The maximum atomic E-state index is 14.2. The Morgan fingerprint density at radius 1 is 1.22 bits per heavy atom. The lowest BCUT2D eigenvalue weighted by molar-refractivity contribution is -0.163. The predicted octanol–water partition coefficient (Wildman–Crippen LogP) is 3.09. The highest BCUT2D eigenvalue weighted by molar-refractivity contribution is 5.98. The number of hydrogen-bond donors (Lipinski definition) is 1. The summed E-state index contributed by atoms with van der Waals surface area (Å²) in [5, 5.41) is 10.3. The minimum atomic E-state index is -1.13. The summed E-state index contributed by atoms with van der Waals surface area (Å²) in [5.74, 6) is -2.70. The van der Waals surface area contributed by atoms with Gasteiger partial charge in [-0.3, -0.25) is 14.4 Å². The van der Waals surface area contributed by atoms with Crippen molar-refractivity contribution < 1.29 is 29.0 Å². The second-order valence-corrected chi connectivity index (χ2v) is 11.3. The van der Waals surface area contributed by atoms with Gasteiger partial charge < -0.3 is 24.4 Å². The molecule has 0 radical (unpaired) electrons. The number of rotatable bonds is 13. The molecule has 36 heavy (non-hydrogen) atoms. The molecule has 0 aromatic rings. The Morgan fingerprint density at radius 3 is 2.47 bits per heavy atom. The zero-order valence-electron chi connectivity index (χ0n) is 22.6. The molecule has 0 aromatic heterocycles. The number of amides is 2. The smallest absolute Gasteiger partial charge is 0.312 e. The molecule has 3 heterocycles. The van der Waals surface area contributed by atoms with Gasteiger partial charge in [-0.05, 0) is 58.8 Å². The molecule has 1 N–H and O–H groups in total. The maximum absolute atomic E-state index is 14.2. The summed E-state index contributed by atoms with van der Waals surface area (Å²) in [7, 11) is 0. The molecular formula is C28H44N2O6. The molecule has 2 amide bonds. The standard InChI is InChI=1S/C28H44N2O6/c1-8-10-11-12-16-35-26(34)22-21-24(32)30(20(17-31)18(3)4)23(25(33)29(15-9-2)19(5)6)28(21)14-13-27(22,7)36-28/h8-9,18-23,31H,1-2,10-17H2,3-7H3/t20-,21-,22+,23?,27-,28?/m0/s1. The number of ether oxygens (including phenoxy) is 2. The third kappa shape index (κ3) is 4.62. The average molecular weight is 505 g/mol. The van der Waals surface area contributed by atoms with E-state index in [9.17, 15) is 19.5 Å². The highest BCUT2D eigenvalue weighted by atomic mass is 16.6. The number of carbonyl (C=O) groups is 3. The molecule has 6 atom stereocenters. The van der Waals surface area contributed by atoms with Gasteiger partial charge in [0.05, 0.1) is 30.8 Å². The van der Waals surface area contributed by atoms with Crippen LogP contribution in [-0.4, -0.2) is 81.8 Å². The van der Waals surface area contributed by atoms with Gasteiger partial charge in [0.2, 0.25) is 11.8 Å². The van der Waals surface area contributed by atoms with E-state index in [1.54, 1.807) is 11.0 Å². The molecule has 2 unspecified atom stereocenters. The fourth-order valence-electron chi connectivity index (χ4n) is 6.48. The van der Waals surface area contributed by atoms with Crippen LogP contribution >= 0.6 is 0 Å². The van der Waals surface area contributed by atoms with E-state index in [1.165, 1.54) is 4.90 Å². The lowest BCUT2D eigenvalue weighted by Gasteiger charge is -2.41. The number of aliphatic hydroxyl groups is 1. The topological polar surface area (TPSA) is 96.4 Å². The Bertz CT molecular complexity index is 872. The summed E-state index contributed by atoms with van der Waals surface area (Å²) in [6, 6.07) is -1.63. The number of aliphatic hydroxyl groups excluding tert-OH is 1. The molecule has 1 spiro atoms. The normalized spacial score (nSPS) is 31.6. The number of nitrogens with zero attached hydrogens (tertiary/aromatic N) is 2. The Kier molecular flexibility index (Phi) is 8.71. The van der Waals surface area contributed by atoms with Crippen molar-refractivity contribution >= 4 is 17.8 Å². The van der Waals surface area contributed by atoms with Gasteiger partial charge in [-0.25, -0.2) is 0 Å². The fourth-order valence-corrected chi connectivity index (χ4v) is 6.48. The first-order valence-corrected chi connectivity index (χ1v) is 13.3. The third-order valence-electron chi connectivity index (χ3n) is 8.30. The van der Waals surface area contributed by atoms with E-state index in [2.05, 4.69) is 13.2 Å². The first kappa shape index (κ1) is 28.4. The predicted molar refractivity (Wildman–Crippen MR) is 137 cm³/mol. The van der Waals surface area contributed by atoms with Crippen LogP contribution in [0.2, 0.25) is 0 Å². The van der Waals surface area contributed by atoms with Gasteiger partial charge in [-0.2, -0.15) is 0 Å². The number of hydrogen-bond acceptors (Lipinski definition) is 6. The molecule has 3 aliphatic rings. The molecule has 3 aliphatic heterocycles. The minimum absolute atomic E-state index is 0.0978. The van der Waals surface area contributed by atoms with Gasteiger partial charge in [0.15, 0.2) is 0 Å². The summed E-state index contributed by atoms with van der Waals surface area (Å²) in [6.45, 7) is 17.4. The zero-order chi connectivity index (χ0) is 26.8. The molecular weight excluding hydrogens is 460 g/mol. The van der Waals surface area contributed by atoms with Crippen LogP contribution < -0.4 is 0 Å². The van der Waals surface area contributed by atoms with Crippen LogP contribution in [0.15, 0.2) is 25.3 Å². The van der Waals surface area contributed by atoms with Gasteiger partial charge in [-0.15, -0.1) is 13.2 Å².